The summed E-state index contributed by atoms with van der Waals surface area (Å²) < 4.78 is 18.1. The molecule has 1 atom stereocenters. The fourth-order valence-corrected chi connectivity index (χ4v) is 2.29. The fourth-order valence-electron chi connectivity index (χ4n) is 2.29. The van der Waals surface area contributed by atoms with Gasteiger partial charge in [0, 0.05) is 12.0 Å². The molecule has 0 spiro atoms. The predicted octanol–water partition coefficient (Wildman–Crippen LogP) is 3.32. The van der Waals surface area contributed by atoms with E-state index in [9.17, 15) is 4.39 Å². The Bertz CT molecular complexity index is 652. The van der Waals surface area contributed by atoms with Crippen LogP contribution in [0.3, 0.4) is 0 Å². The van der Waals surface area contributed by atoms with E-state index in [4.69, 9.17) is 9.57 Å². The van der Waals surface area contributed by atoms with Gasteiger partial charge < -0.3 is 4.74 Å². The normalized spacial score (nSPS) is 17.2. The summed E-state index contributed by atoms with van der Waals surface area (Å²) >= 11 is 0. The molecule has 0 aromatic heterocycles. The number of hydrogen-bond acceptors (Lipinski definition) is 3. The van der Waals surface area contributed by atoms with Crippen molar-refractivity contribution < 1.29 is 14.0 Å². The van der Waals surface area contributed by atoms with E-state index in [-0.39, 0.29) is 11.9 Å². The summed E-state index contributed by atoms with van der Waals surface area (Å²) in [5.74, 6) is 0.578. The summed E-state index contributed by atoms with van der Waals surface area (Å²) in [6.45, 7) is 0. The average Bonchev–Trinajstić information content (AvgIpc) is 2.98. The second kappa shape index (κ2) is 5.97. The summed E-state index contributed by atoms with van der Waals surface area (Å²) in [6.07, 6.45) is 2.65. The third-order valence-corrected chi connectivity index (χ3v) is 3.40. The van der Waals surface area contributed by atoms with E-state index in [1.54, 1.807) is 19.2 Å². The topological polar surface area (TPSA) is 30.5 Å². The van der Waals surface area contributed by atoms with E-state index in [1.807, 2.05) is 30.3 Å². The van der Waals surface area contributed by atoms with Crippen LogP contribution in [-0.4, -0.2) is 13.2 Å². The number of rotatable bonds is 4. The van der Waals surface area contributed by atoms with Gasteiger partial charge in [-0.1, -0.05) is 24.3 Å². The zero-order chi connectivity index (χ0) is 14.7. The van der Waals surface area contributed by atoms with Crippen LogP contribution in [0.2, 0.25) is 0 Å². The number of benzene rings is 2. The maximum absolute atomic E-state index is 12.9. The van der Waals surface area contributed by atoms with E-state index >= 15 is 0 Å². The molecule has 1 unspecified atom stereocenters. The van der Waals surface area contributed by atoms with Gasteiger partial charge in [0.05, 0.1) is 12.8 Å². The Morgan fingerprint density at radius 2 is 2.00 bits per heavy atom. The van der Waals surface area contributed by atoms with Gasteiger partial charge in [0.1, 0.15) is 17.7 Å². The van der Waals surface area contributed by atoms with Crippen LogP contribution in [0.5, 0.6) is 5.75 Å². The van der Waals surface area contributed by atoms with E-state index in [1.165, 1.54) is 12.1 Å². The van der Waals surface area contributed by atoms with Crippen LogP contribution in [0.25, 0.3) is 5.70 Å². The largest absolute Gasteiger partial charge is 0.497 e. The van der Waals surface area contributed by atoms with Gasteiger partial charge in [-0.3, -0.25) is 10.3 Å². The highest BCUT2D eigenvalue weighted by molar-refractivity contribution is 5.66. The molecule has 1 N–H and O–H groups in total. The highest BCUT2D eigenvalue weighted by Gasteiger charge is 2.18. The number of nitrogens with one attached hydrogen (secondary N) is 1. The molecule has 2 aromatic carbocycles. The first-order valence-corrected chi connectivity index (χ1v) is 6.77. The predicted molar refractivity (Wildman–Crippen MR) is 79.1 cm³/mol. The van der Waals surface area contributed by atoms with Crippen LogP contribution >= 0.6 is 0 Å². The molecule has 1 heterocycles. The minimum absolute atomic E-state index is 0.0725. The first-order chi connectivity index (χ1) is 10.2. The molecule has 21 heavy (non-hydrogen) atoms. The minimum Gasteiger partial charge on any atom is -0.497 e. The molecule has 0 radical (unpaired) electrons. The Morgan fingerprint density at radius 1 is 1.19 bits per heavy atom. The zero-order valence-electron chi connectivity index (χ0n) is 11.7. The molecule has 4 heteroatoms. The highest BCUT2D eigenvalue weighted by atomic mass is 19.1. The quantitative estimate of drug-likeness (QED) is 0.934. The van der Waals surface area contributed by atoms with Gasteiger partial charge in [0.2, 0.25) is 0 Å². The highest BCUT2D eigenvalue weighted by Crippen LogP contribution is 2.23. The maximum Gasteiger partial charge on any atom is 0.123 e. The number of hydrogen-bond donors (Lipinski definition) is 1. The lowest BCUT2D eigenvalue weighted by Gasteiger charge is -2.07. The monoisotopic (exact) mass is 285 g/mol. The number of hydroxylamine groups is 1. The summed E-state index contributed by atoms with van der Waals surface area (Å²) in [5, 5.41) is 0. The second-order valence-electron chi connectivity index (χ2n) is 4.90. The maximum atomic E-state index is 12.9. The van der Waals surface area contributed by atoms with Gasteiger partial charge in [0.25, 0.3) is 0 Å². The van der Waals surface area contributed by atoms with Crippen molar-refractivity contribution in [3.63, 3.8) is 0 Å². The van der Waals surface area contributed by atoms with Crippen molar-refractivity contribution in [1.29, 1.82) is 0 Å². The van der Waals surface area contributed by atoms with Crippen molar-refractivity contribution in [1.82, 2.24) is 5.48 Å². The minimum atomic E-state index is -0.225. The molecule has 1 aliphatic rings. The van der Waals surface area contributed by atoms with E-state index in [0.717, 1.165) is 22.6 Å². The van der Waals surface area contributed by atoms with Gasteiger partial charge in [-0.2, -0.15) is 0 Å². The number of ether oxygens (including phenoxy) is 1. The Hall–Kier alpha value is -2.33. The van der Waals surface area contributed by atoms with Crippen LogP contribution in [0.15, 0.2) is 54.6 Å². The van der Waals surface area contributed by atoms with Gasteiger partial charge in [-0.25, -0.2) is 4.39 Å². The van der Waals surface area contributed by atoms with Gasteiger partial charge in [0.15, 0.2) is 0 Å². The lowest BCUT2D eigenvalue weighted by atomic mass is 10.1. The Labute approximate surface area is 123 Å². The molecule has 0 fully saturated rings. The molecule has 0 saturated heterocycles. The third-order valence-electron chi connectivity index (χ3n) is 3.40. The lowest BCUT2D eigenvalue weighted by Crippen LogP contribution is -2.14. The molecule has 2 aromatic rings. The third kappa shape index (κ3) is 3.23. The van der Waals surface area contributed by atoms with E-state index < -0.39 is 0 Å². The molecule has 0 bridgehead atoms. The molecule has 108 valence electrons. The number of halogens is 1. The molecule has 1 aliphatic heterocycles. The standard InChI is InChI=1S/C17H16FNO2/c1-20-15-4-2-3-13(10-15)17-11-16(21-19-17)9-12-5-7-14(18)8-6-12/h2-8,10-11,16,19H,9H2,1H3. The first kappa shape index (κ1) is 13.6. The van der Waals surface area contributed by atoms with Crippen molar-refractivity contribution in [3.8, 4) is 5.75 Å². The summed E-state index contributed by atoms with van der Waals surface area (Å²) in [4.78, 5) is 5.55. The lowest BCUT2D eigenvalue weighted by molar-refractivity contribution is 0.0519. The first-order valence-electron chi connectivity index (χ1n) is 6.77. The van der Waals surface area contributed by atoms with Crippen LogP contribution < -0.4 is 10.2 Å². The van der Waals surface area contributed by atoms with Crippen LogP contribution in [-0.2, 0) is 11.3 Å². The Morgan fingerprint density at radius 3 is 2.76 bits per heavy atom. The zero-order valence-corrected chi connectivity index (χ0v) is 11.7. The molecular weight excluding hydrogens is 269 g/mol. The SMILES string of the molecule is COc1cccc(C2=CC(Cc3ccc(F)cc3)ON2)c1. The molecule has 3 nitrogen and oxygen atoms in total. The summed E-state index contributed by atoms with van der Waals surface area (Å²) in [5.41, 5.74) is 5.90. The summed E-state index contributed by atoms with van der Waals surface area (Å²) in [7, 11) is 1.64. The fraction of sp³-hybridized carbons (Fsp3) is 0.176. The van der Waals surface area contributed by atoms with Crippen LogP contribution in [0, 0.1) is 5.82 Å². The van der Waals surface area contributed by atoms with Gasteiger partial charge >= 0.3 is 0 Å². The molecule has 3 rings (SSSR count). The van der Waals surface area contributed by atoms with Crippen LogP contribution in [0.1, 0.15) is 11.1 Å². The van der Waals surface area contributed by atoms with E-state index in [0.29, 0.717) is 6.42 Å². The van der Waals surface area contributed by atoms with Crippen molar-refractivity contribution in [2.75, 3.05) is 7.11 Å². The van der Waals surface area contributed by atoms with Crippen molar-refractivity contribution >= 4 is 5.70 Å². The van der Waals surface area contributed by atoms with Crippen molar-refractivity contribution in [2.45, 2.75) is 12.5 Å². The van der Waals surface area contributed by atoms with Gasteiger partial charge in [-0.15, -0.1) is 0 Å². The van der Waals surface area contributed by atoms with Gasteiger partial charge in [-0.05, 0) is 35.9 Å². The molecular formula is C17H16FNO2. The van der Waals surface area contributed by atoms with E-state index in [2.05, 4.69) is 5.48 Å². The summed E-state index contributed by atoms with van der Waals surface area (Å²) in [6, 6.07) is 14.2. The van der Waals surface area contributed by atoms with Crippen molar-refractivity contribution in [3.05, 3.63) is 71.6 Å². The smallest absolute Gasteiger partial charge is 0.123 e. The molecule has 0 aliphatic carbocycles. The van der Waals surface area contributed by atoms with Crippen LogP contribution in [0.4, 0.5) is 4.39 Å². The molecule has 0 amide bonds. The van der Waals surface area contributed by atoms with Crippen molar-refractivity contribution in [2.24, 2.45) is 0 Å². The Kier molecular flexibility index (Phi) is 3.88. The number of methoxy groups -OCH3 is 1. The Balaban J connectivity index is 1.73. The average molecular weight is 285 g/mol. The molecule has 0 saturated carbocycles. The second-order valence-corrected chi connectivity index (χ2v) is 4.90.